The van der Waals surface area contributed by atoms with Gasteiger partial charge in [0.05, 0.1) is 5.69 Å². The van der Waals surface area contributed by atoms with Gasteiger partial charge in [0, 0.05) is 42.8 Å². The molecule has 0 radical (unpaired) electrons. The third-order valence-electron chi connectivity index (χ3n) is 4.41. The van der Waals surface area contributed by atoms with Crippen molar-refractivity contribution in [2.75, 3.05) is 31.5 Å². The molecule has 3 rings (SSSR count). The van der Waals surface area contributed by atoms with Gasteiger partial charge in [-0.05, 0) is 42.0 Å². The fourth-order valence-electron chi connectivity index (χ4n) is 2.96. The third kappa shape index (κ3) is 5.67. The van der Waals surface area contributed by atoms with Gasteiger partial charge in [0.25, 0.3) is 0 Å². The predicted molar refractivity (Wildman–Crippen MR) is 113 cm³/mol. The number of nitrogens with zero attached hydrogens (tertiary/aromatic N) is 2. The summed E-state index contributed by atoms with van der Waals surface area (Å²) in [6.07, 6.45) is 0. The van der Waals surface area contributed by atoms with E-state index in [0.717, 1.165) is 38.3 Å². The third-order valence-corrected chi connectivity index (χ3v) is 5.36. The maximum atomic E-state index is 12.5. The highest BCUT2D eigenvalue weighted by Crippen LogP contribution is 2.26. The normalized spacial score (nSPS) is 15.0. The number of halogens is 4. The molecule has 1 N–H and O–H groups in total. The molecule has 2 aromatic carbocycles. The Kier molecular flexibility index (Phi) is 7.29. The smallest absolute Gasteiger partial charge is 0.387 e. The van der Waals surface area contributed by atoms with Crippen molar-refractivity contribution < 1.29 is 13.5 Å². The van der Waals surface area contributed by atoms with Crippen LogP contribution in [0.1, 0.15) is 5.56 Å². The van der Waals surface area contributed by atoms with Crippen LogP contribution in [0.3, 0.4) is 0 Å². The van der Waals surface area contributed by atoms with Crippen LogP contribution < -0.4 is 10.1 Å². The molecule has 0 unspecified atom stereocenters. The summed E-state index contributed by atoms with van der Waals surface area (Å²) < 4.78 is 29.6. The lowest BCUT2D eigenvalue weighted by Crippen LogP contribution is -2.49. The minimum atomic E-state index is -2.89. The van der Waals surface area contributed by atoms with Gasteiger partial charge >= 0.3 is 6.61 Å². The number of thiocarbonyl (C=S) groups is 1. The van der Waals surface area contributed by atoms with Crippen LogP contribution in [0.2, 0.25) is 10.0 Å². The zero-order chi connectivity index (χ0) is 20.1. The molecular formula is C19H19Cl2F2N3OS. The molecule has 0 bridgehead atoms. The number of hydrogen-bond acceptors (Lipinski definition) is 3. The lowest BCUT2D eigenvalue weighted by Gasteiger charge is -2.36. The summed E-state index contributed by atoms with van der Waals surface area (Å²) in [5.74, 6) is 0.0656. The number of piperazine rings is 1. The van der Waals surface area contributed by atoms with Crippen molar-refractivity contribution in [2.45, 2.75) is 13.2 Å². The first-order valence-corrected chi connectivity index (χ1v) is 9.85. The quantitative estimate of drug-likeness (QED) is 0.645. The van der Waals surface area contributed by atoms with Gasteiger partial charge in [0.15, 0.2) is 5.11 Å². The van der Waals surface area contributed by atoms with Crippen molar-refractivity contribution in [1.29, 1.82) is 0 Å². The first-order valence-electron chi connectivity index (χ1n) is 8.68. The van der Waals surface area contributed by atoms with E-state index in [4.69, 9.17) is 35.4 Å². The second-order valence-electron chi connectivity index (χ2n) is 6.30. The van der Waals surface area contributed by atoms with Crippen LogP contribution in [-0.4, -0.2) is 47.7 Å². The highest BCUT2D eigenvalue weighted by atomic mass is 35.5. The minimum absolute atomic E-state index is 0.0656. The Morgan fingerprint density at radius 3 is 2.50 bits per heavy atom. The van der Waals surface area contributed by atoms with Crippen LogP contribution in [-0.2, 0) is 6.54 Å². The van der Waals surface area contributed by atoms with Crippen molar-refractivity contribution in [2.24, 2.45) is 0 Å². The molecule has 1 saturated heterocycles. The molecule has 1 aliphatic rings. The molecule has 0 saturated carbocycles. The highest BCUT2D eigenvalue weighted by Gasteiger charge is 2.20. The molecule has 0 amide bonds. The summed E-state index contributed by atoms with van der Waals surface area (Å²) in [6.45, 7) is 0.880. The summed E-state index contributed by atoms with van der Waals surface area (Å²) in [4.78, 5) is 4.29. The van der Waals surface area contributed by atoms with E-state index in [-0.39, 0.29) is 5.75 Å². The van der Waals surface area contributed by atoms with Gasteiger partial charge in [0.1, 0.15) is 5.75 Å². The number of hydrogen-bond donors (Lipinski definition) is 1. The molecule has 9 heteroatoms. The van der Waals surface area contributed by atoms with Gasteiger partial charge in [-0.25, -0.2) is 0 Å². The van der Waals surface area contributed by atoms with E-state index >= 15 is 0 Å². The zero-order valence-electron chi connectivity index (χ0n) is 14.9. The number of benzene rings is 2. The number of rotatable bonds is 5. The fourth-order valence-corrected chi connectivity index (χ4v) is 3.72. The number of ether oxygens (including phenoxy) is 1. The van der Waals surface area contributed by atoms with E-state index in [1.54, 1.807) is 24.3 Å². The maximum absolute atomic E-state index is 12.5. The highest BCUT2D eigenvalue weighted by molar-refractivity contribution is 7.80. The molecule has 1 aliphatic heterocycles. The van der Waals surface area contributed by atoms with E-state index in [1.165, 1.54) is 6.07 Å². The lowest BCUT2D eigenvalue weighted by molar-refractivity contribution is -0.0493. The first-order chi connectivity index (χ1) is 13.4. The molecule has 0 atom stereocenters. The largest absolute Gasteiger partial charge is 0.433 e. The molecule has 0 spiro atoms. The summed E-state index contributed by atoms with van der Waals surface area (Å²) in [5, 5.41) is 4.76. The second-order valence-corrected chi connectivity index (χ2v) is 7.53. The number of para-hydroxylation sites is 2. The Balaban J connectivity index is 1.54. The molecule has 1 heterocycles. The predicted octanol–water partition coefficient (Wildman–Crippen LogP) is 5.11. The topological polar surface area (TPSA) is 27.7 Å². The van der Waals surface area contributed by atoms with Gasteiger partial charge in [-0.2, -0.15) is 8.78 Å². The van der Waals surface area contributed by atoms with E-state index < -0.39 is 6.61 Å². The fraction of sp³-hybridized carbons (Fsp3) is 0.316. The van der Waals surface area contributed by atoms with Crippen LogP contribution in [0, 0.1) is 0 Å². The Labute approximate surface area is 178 Å². The molecular weight excluding hydrogens is 427 g/mol. The first kappa shape index (κ1) is 21.0. The maximum Gasteiger partial charge on any atom is 0.387 e. The van der Waals surface area contributed by atoms with Crippen LogP contribution in [0.5, 0.6) is 5.75 Å². The van der Waals surface area contributed by atoms with Gasteiger partial charge in [-0.15, -0.1) is 0 Å². The molecule has 4 nitrogen and oxygen atoms in total. The van der Waals surface area contributed by atoms with Gasteiger partial charge in [-0.1, -0.05) is 41.4 Å². The van der Waals surface area contributed by atoms with Crippen molar-refractivity contribution in [3.05, 3.63) is 58.1 Å². The number of nitrogens with one attached hydrogen (secondary N) is 1. The van der Waals surface area contributed by atoms with E-state index in [2.05, 4.69) is 15.0 Å². The Morgan fingerprint density at radius 1 is 1.11 bits per heavy atom. The van der Waals surface area contributed by atoms with Crippen LogP contribution >= 0.6 is 35.4 Å². The van der Waals surface area contributed by atoms with Crippen LogP contribution in [0.4, 0.5) is 14.5 Å². The summed E-state index contributed by atoms with van der Waals surface area (Å²) in [6, 6.07) is 12.0. The Hall–Kier alpha value is -1.67. The van der Waals surface area contributed by atoms with Gasteiger partial charge < -0.3 is 15.0 Å². The van der Waals surface area contributed by atoms with Crippen LogP contribution in [0.25, 0.3) is 0 Å². The molecule has 2 aromatic rings. The number of alkyl halides is 2. The van der Waals surface area contributed by atoms with Gasteiger partial charge in [0.2, 0.25) is 0 Å². The van der Waals surface area contributed by atoms with E-state index in [0.29, 0.717) is 20.8 Å². The molecule has 150 valence electrons. The number of anilines is 1. The Morgan fingerprint density at radius 2 is 1.82 bits per heavy atom. The van der Waals surface area contributed by atoms with Crippen molar-refractivity contribution in [3.8, 4) is 5.75 Å². The van der Waals surface area contributed by atoms with E-state index in [1.807, 2.05) is 17.0 Å². The summed E-state index contributed by atoms with van der Waals surface area (Å²) >= 11 is 17.6. The molecule has 28 heavy (non-hydrogen) atoms. The summed E-state index contributed by atoms with van der Waals surface area (Å²) in [5.41, 5.74) is 1.45. The second kappa shape index (κ2) is 9.69. The van der Waals surface area contributed by atoms with Crippen molar-refractivity contribution in [3.63, 3.8) is 0 Å². The van der Waals surface area contributed by atoms with Crippen LogP contribution in [0.15, 0.2) is 42.5 Å². The minimum Gasteiger partial charge on any atom is -0.433 e. The van der Waals surface area contributed by atoms with Gasteiger partial charge in [-0.3, -0.25) is 4.90 Å². The monoisotopic (exact) mass is 445 g/mol. The Bertz CT molecular complexity index is 833. The molecule has 0 aromatic heterocycles. The lowest BCUT2D eigenvalue weighted by atomic mass is 10.2. The van der Waals surface area contributed by atoms with E-state index in [9.17, 15) is 8.78 Å². The standard InChI is InChI=1S/C19H19Cl2F2N3OS/c20-14-6-5-13(15(21)11-14)12-25-7-9-26(10-8-25)19(28)24-16-3-1-2-4-17(16)27-18(22)23/h1-6,11,18H,7-10,12H2,(H,24,28). The zero-order valence-corrected chi connectivity index (χ0v) is 17.2. The SMILES string of the molecule is FC(F)Oc1ccccc1NC(=S)N1CCN(Cc2ccc(Cl)cc2Cl)CC1. The average Bonchev–Trinajstić information content (AvgIpc) is 2.66. The van der Waals surface area contributed by atoms with Crippen molar-refractivity contribution >= 4 is 46.2 Å². The molecule has 0 aliphatic carbocycles. The molecule has 1 fully saturated rings. The van der Waals surface area contributed by atoms with Crippen molar-refractivity contribution in [1.82, 2.24) is 9.80 Å². The average molecular weight is 446 g/mol. The summed E-state index contributed by atoms with van der Waals surface area (Å²) in [7, 11) is 0.